The lowest BCUT2D eigenvalue weighted by molar-refractivity contribution is -0.133. The largest absolute Gasteiger partial charge is 0.325 e. The first-order chi connectivity index (χ1) is 10.6. The minimum Gasteiger partial charge on any atom is -0.325 e. The molecule has 6 nitrogen and oxygen atoms in total. The van der Waals surface area contributed by atoms with E-state index in [2.05, 4.69) is 16.2 Å². The summed E-state index contributed by atoms with van der Waals surface area (Å²) in [6, 6.07) is 10.7. The fraction of sp³-hybridized carbons (Fsp3) is 0.133. The Kier molecular flexibility index (Phi) is 3.88. The standard InChI is InChI=1S/C15H13N3O3S/c19-13-10(8-9-4-1-2-5-11(9)16-13)14(20)17-18-15(21)12-6-3-7-22-12/h1-7,10H,8H2,(H,16,19)(H,17,20)(H,18,21). The fourth-order valence-electron chi connectivity index (χ4n) is 2.24. The van der Waals surface area contributed by atoms with Crippen LogP contribution in [0.1, 0.15) is 15.2 Å². The van der Waals surface area contributed by atoms with Gasteiger partial charge in [0.15, 0.2) is 0 Å². The molecule has 22 heavy (non-hydrogen) atoms. The molecular weight excluding hydrogens is 302 g/mol. The minimum absolute atomic E-state index is 0.308. The van der Waals surface area contributed by atoms with Crippen LogP contribution in [0.5, 0.6) is 0 Å². The Balaban J connectivity index is 1.63. The highest BCUT2D eigenvalue weighted by Gasteiger charge is 2.32. The van der Waals surface area contributed by atoms with Crippen LogP contribution >= 0.6 is 11.3 Å². The Morgan fingerprint density at radius 2 is 1.95 bits per heavy atom. The molecule has 0 saturated carbocycles. The van der Waals surface area contributed by atoms with Gasteiger partial charge in [-0.05, 0) is 29.5 Å². The normalized spacial score (nSPS) is 16.4. The van der Waals surface area contributed by atoms with Gasteiger partial charge in [-0.1, -0.05) is 24.3 Å². The maximum absolute atomic E-state index is 12.1. The summed E-state index contributed by atoms with van der Waals surface area (Å²) < 4.78 is 0. The third-order valence-electron chi connectivity index (χ3n) is 3.38. The zero-order valence-corrected chi connectivity index (χ0v) is 12.3. The summed E-state index contributed by atoms with van der Waals surface area (Å²) in [4.78, 5) is 36.3. The quantitative estimate of drug-likeness (QED) is 0.577. The van der Waals surface area contributed by atoms with E-state index >= 15 is 0 Å². The Hall–Kier alpha value is -2.67. The third kappa shape index (κ3) is 2.84. The number of hydrogen-bond donors (Lipinski definition) is 3. The molecule has 1 aromatic carbocycles. The van der Waals surface area contributed by atoms with Crippen molar-refractivity contribution in [2.45, 2.75) is 6.42 Å². The van der Waals surface area contributed by atoms with Crippen molar-refractivity contribution in [2.24, 2.45) is 5.92 Å². The Morgan fingerprint density at radius 1 is 1.14 bits per heavy atom. The zero-order chi connectivity index (χ0) is 15.5. The molecule has 0 saturated heterocycles. The summed E-state index contributed by atoms with van der Waals surface area (Å²) in [5, 5.41) is 4.46. The molecule has 3 rings (SSSR count). The Bertz CT molecular complexity index is 727. The highest BCUT2D eigenvalue weighted by molar-refractivity contribution is 7.12. The summed E-state index contributed by atoms with van der Waals surface area (Å²) in [6.45, 7) is 0. The van der Waals surface area contributed by atoms with Gasteiger partial charge in [0.2, 0.25) is 5.91 Å². The number of fused-ring (bicyclic) bond motifs is 1. The maximum Gasteiger partial charge on any atom is 0.279 e. The smallest absolute Gasteiger partial charge is 0.279 e. The van der Waals surface area contributed by atoms with Gasteiger partial charge in [-0.15, -0.1) is 11.3 Å². The number of benzene rings is 1. The van der Waals surface area contributed by atoms with E-state index in [1.165, 1.54) is 11.3 Å². The van der Waals surface area contributed by atoms with Crippen LogP contribution in [-0.2, 0) is 16.0 Å². The molecule has 1 atom stereocenters. The zero-order valence-electron chi connectivity index (χ0n) is 11.5. The molecule has 1 aliphatic rings. The van der Waals surface area contributed by atoms with Crippen molar-refractivity contribution in [3.05, 3.63) is 52.2 Å². The van der Waals surface area contributed by atoms with Gasteiger partial charge in [0.25, 0.3) is 11.8 Å². The van der Waals surface area contributed by atoms with Gasteiger partial charge < -0.3 is 5.32 Å². The average molecular weight is 315 g/mol. The van der Waals surface area contributed by atoms with Crippen LogP contribution in [-0.4, -0.2) is 17.7 Å². The number of hydrogen-bond acceptors (Lipinski definition) is 4. The van der Waals surface area contributed by atoms with Gasteiger partial charge in [-0.3, -0.25) is 25.2 Å². The number of anilines is 1. The van der Waals surface area contributed by atoms with Crippen LogP contribution in [0.25, 0.3) is 0 Å². The molecule has 2 aromatic rings. The van der Waals surface area contributed by atoms with Crippen molar-refractivity contribution in [2.75, 3.05) is 5.32 Å². The highest BCUT2D eigenvalue weighted by Crippen LogP contribution is 2.25. The topological polar surface area (TPSA) is 87.3 Å². The first-order valence-corrected chi connectivity index (χ1v) is 7.55. The SMILES string of the molecule is O=C(NNC(=O)C1Cc2ccccc2NC1=O)c1cccs1. The second-order valence-electron chi connectivity index (χ2n) is 4.82. The number of carbonyl (C=O) groups excluding carboxylic acids is 3. The number of amides is 3. The van der Waals surface area contributed by atoms with Gasteiger partial charge in [-0.25, -0.2) is 0 Å². The molecule has 1 aromatic heterocycles. The summed E-state index contributed by atoms with van der Waals surface area (Å²) in [5.74, 6) is -2.17. The lowest BCUT2D eigenvalue weighted by Gasteiger charge is -2.23. The molecule has 3 amide bonds. The lowest BCUT2D eigenvalue weighted by atomic mass is 9.93. The first kappa shape index (κ1) is 14.3. The van der Waals surface area contributed by atoms with Crippen molar-refractivity contribution in [1.82, 2.24) is 10.9 Å². The molecule has 0 bridgehead atoms. The van der Waals surface area contributed by atoms with Gasteiger partial charge in [0.05, 0.1) is 4.88 Å². The summed E-state index contributed by atoms with van der Waals surface area (Å²) in [5.41, 5.74) is 6.24. The Morgan fingerprint density at radius 3 is 2.73 bits per heavy atom. The molecule has 7 heteroatoms. The third-order valence-corrected chi connectivity index (χ3v) is 4.25. The second kappa shape index (κ2) is 5.98. The van der Waals surface area contributed by atoms with Crippen LogP contribution in [0.2, 0.25) is 0 Å². The number of nitrogens with one attached hydrogen (secondary N) is 3. The Labute approximate surface area is 130 Å². The molecule has 3 N–H and O–H groups in total. The van der Waals surface area contributed by atoms with Crippen LogP contribution in [0.3, 0.4) is 0 Å². The van der Waals surface area contributed by atoms with E-state index in [1.54, 1.807) is 23.6 Å². The average Bonchev–Trinajstić information content (AvgIpc) is 3.06. The van der Waals surface area contributed by atoms with Crippen molar-refractivity contribution in [3.63, 3.8) is 0 Å². The van der Waals surface area contributed by atoms with Gasteiger partial charge >= 0.3 is 0 Å². The van der Waals surface area contributed by atoms with E-state index in [4.69, 9.17) is 0 Å². The summed E-state index contributed by atoms with van der Waals surface area (Å²) >= 11 is 1.27. The van der Waals surface area contributed by atoms with Crippen molar-refractivity contribution in [1.29, 1.82) is 0 Å². The molecule has 1 unspecified atom stereocenters. The number of carbonyl (C=O) groups is 3. The maximum atomic E-state index is 12.1. The van der Waals surface area contributed by atoms with E-state index in [0.29, 0.717) is 11.3 Å². The minimum atomic E-state index is -0.862. The number of thiophene rings is 1. The molecule has 2 heterocycles. The van der Waals surface area contributed by atoms with E-state index < -0.39 is 17.7 Å². The van der Waals surface area contributed by atoms with E-state index in [9.17, 15) is 14.4 Å². The van der Waals surface area contributed by atoms with Crippen LogP contribution in [0.4, 0.5) is 5.69 Å². The van der Waals surface area contributed by atoms with Crippen molar-refractivity contribution >= 4 is 34.7 Å². The predicted molar refractivity (Wildman–Crippen MR) is 82.2 cm³/mol. The predicted octanol–water partition coefficient (Wildman–Crippen LogP) is 1.32. The summed E-state index contributed by atoms with van der Waals surface area (Å²) in [6.07, 6.45) is 0.308. The molecule has 1 aliphatic heterocycles. The monoisotopic (exact) mass is 315 g/mol. The van der Waals surface area contributed by atoms with Crippen LogP contribution in [0.15, 0.2) is 41.8 Å². The van der Waals surface area contributed by atoms with E-state index in [0.717, 1.165) is 11.3 Å². The molecule has 112 valence electrons. The van der Waals surface area contributed by atoms with Gasteiger partial charge in [-0.2, -0.15) is 0 Å². The lowest BCUT2D eigenvalue weighted by Crippen LogP contribution is -2.48. The molecular formula is C15H13N3O3S. The van der Waals surface area contributed by atoms with Crippen molar-refractivity contribution in [3.8, 4) is 0 Å². The van der Waals surface area contributed by atoms with Gasteiger partial charge in [0, 0.05) is 5.69 Å². The number of para-hydroxylation sites is 1. The fourth-order valence-corrected chi connectivity index (χ4v) is 2.86. The molecule has 0 spiro atoms. The number of hydrazine groups is 1. The second-order valence-corrected chi connectivity index (χ2v) is 5.77. The summed E-state index contributed by atoms with van der Waals surface area (Å²) in [7, 11) is 0. The van der Waals surface area contributed by atoms with E-state index in [1.807, 2.05) is 18.2 Å². The highest BCUT2D eigenvalue weighted by atomic mass is 32.1. The van der Waals surface area contributed by atoms with E-state index in [-0.39, 0.29) is 5.91 Å². The van der Waals surface area contributed by atoms with Crippen LogP contribution in [0, 0.1) is 5.92 Å². The van der Waals surface area contributed by atoms with Gasteiger partial charge in [0.1, 0.15) is 5.92 Å². The molecule has 0 aliphatic carbocycles. The first-order valence-electron chi connectivity index (χ1n) is 6.67. The molecule has 0 radical (unpaired) electrons. The molecule has 0 fully saturated rings. The van der Waals surface area contributed by atoms with Crippen molar-refractivity contribution < 1.29 is 14.4 Å². The number of rotatable bonds is 2. The van der Waals surface area contributed by atoms with Crippen LogP contribution < -0.4 is 16.2 Å².